The van der Waals surface area contributed by atoms with Crippen molar-refractivity contribution in [3.8, 4) is 11.6 Å². The van der Waals surface area contributed by atoms with Crippen molar-refractivity contribution in [1.29, 1.82) is 0 Å². The van der Waals surface area contributed by atoms with Crippen LogP contribution >= 0.6 is 0 Å². The number of piperidine rings is 1. The van der Waals surface area contributed by atoms with Gasteiger partial charge in [-0.15, -0.1) is 5.10 Å². The standard InChI is InChI=1S/C21H21N3O3/c25-21(15-26-18-10-9-16-5-1-2-6-17(16)13-18)24-12-4-7-19(14-24)27-20-8-3-11-22-23-20/h1-3,5-6,8-11,13,19H,4,7,12,14-15H2. The van der Waals surface area contributed by atoms with Crippen LogP contribution in [0, 0.1) is 0 Å². The summed E-state index contributed by atoms with van der Waals surface area (Å²) in [5.74, 6) is 1.16. The lowest BCUT2D eigenvalue weighted by Gasteiger charge is -2.32. The highest BCUT2D eigenvalue weighted by Crippen LogP contribution is 2.21. The molecule has 2 heterocycles. The maximum atomic E-state index is 12.6. The maximum absolute atomic E-state index is 12.6. The average Bonchev–Trinajstić information content (AvgIpc) is 2.73. The predicted molar refractivity (Wildman–Crippen MR) is 102 cm³/mol. The van der Waals surface area contributed by atoms with E-state index in [4.69, 9.17) is 9.47 Å². The Bertz CT molecular complexity index is 917. The zero-order valence-corrected chi connectivity index (χ0v) is 15.0. The summed E-state index contributed by atoms with van der Waals surface area (Å²) >= 11 is 0. The molecule has 0 radical (unpaired) electrons. The van der Waals surface area contributed by atoms with E-state index in [1.807, 2.05) is 36.4 Å². The first-order valence-electron chi connectivity index (χ1n) is 9.12. The first kappa shape index (κ1) is 17.3. The van der Waals surface area contributed by atoms with Crippen LogP contribution in [0.1, 0.15) is 12.8 Å². The molecule has 6 heteroatoms. The van der Waals surface area contributed by atoms with Crippen LogP contribution in [0.3, 0.4) is 0 Å². The van der Waals surface area contributed by atoms with E-state index in [1.54, 1.807) is 23.2 Å². The molecule has 0 spiro atoms. The van der Waals surface area contributed by atoms with Crippen LogP contribution in [0.15, 0.2) is 60.8 Å². The second-order valence-electron chi connectivity index (χ2n) is 6.58. The minimum atomic E-state index is -0.0694. The van der Waals surface area contributed by atoms with Gasteiger partial charge in [0.2, 0.25) is 5.88 Å². The third-order valence-corrected chi connectivity index (χ3v) is 4.65. The fourth-order valence-electron chi connectivity index (χ4n) is 3.28. The molecule has 1 aliphatic heterocycles. The summed E-state index contributed by atoms with van der Waals surface area (Å²) < 4.78 is 11.6. The third kappa shape index (κ3) is 4.34. The number of hydrogen-bond donors (Lipinski definition) is 0. The molecule has 1 unspecified atom stereocenters. The van der Waals surface area contributed by atoms with Gasteiger partial charge in [0.25, 0.3) is 5.91 Å². The lowest BCUT2D eigenvalue weighted by molar-refractivity contribution is -0.136. The van der Waals surface area contributed by atoms with Crippen LogP contribution in [0.4, 0.5) is 0 Å². The number of likely N-dealkylation sites (tertiary alicyclic amines) is 1. The molecule has 6 nitrogen and oxygen atoms in total. The van der Waals surface area contributed by atoms with Gasteiger partial charge in [-0.2, -0.15) is 5.10 Å². The number of hydrogen-bond acceptors (Lipinski definition) is 5. The SMILES string of the molecule is O=C(COc1ccc2ccccc2c1)N1CCCC(Oc2cccnn2)C1. The summed E-state index contributed by atoms with van der Waals surface area (Å²) in [6, 6.07) is 17.5. The second-order valence-corrected chi connectivity index (χ2v) is 6.58. The van der Waals surface area contributed by atoms with Crippen LogP contribution < -0.4 is 9.47 Å². The van der Waals surface area contributed by atoms with Gasteiger partial charge in [-0.05, 0) is 41.8 Å². The highest BCUT2D eigenvalue weighted by molar-refractivity contribution is 5.84. The summed E-state index contributed by atoms with van der Waals surface area (Å²) in [4.78, 5) is 14.3. The normalized spacial score (nSPS) is 16.9. The van der Waals surface area contributed by atoms with E-state index in [0.717, 1.165) is 30.2 Å². The van der Waals surface area contributed by atoms with Gasteiger partial charge in [0.05, 0.1) is 6.54 Å². The van der Waals surface area contributed by atoms with E-state index in [1.165, 1.54) is 0 Å². The number of fused-ring (bicyclic) bond motifs is 1. The third-order valence-electron chi connectivity index (χ3n) is 4.65. The molecule has 0 N–H and O–H groups in total. The Balaban J connectivity index is 1.33. The Morgan fingerprint density at radius 3 is 2.85 bits per heavy atom. The van der Waals surface area contributed by atoms with Gasteiger partial charge in [0.15, 0.2) is 6.61 Å². The molecule has 0 aliphatic carbocycles. The van der Waals surface area contributed by atoms with Crippen LogP contribution in [-0.4, -0.2) is 46.8 Å². The van der Waals surface area contributed by atoms with Crippen LogP contribution in [0.5, 0.6) is 11.6 Å². The first-order valence-corrected chi connectivity index (χ1v) is 9.12. The van der Waals surface area contributed by atoms with Crippen molar-refractivity contribution in [2.24, 2.45) is 0 Å². The molecule has 1 aromatic heterocycles. The van der Waals surface area contributed by atoms with Gasteiger partial charge in [0, 0.05) is 18.8 Å². The Labute approximate surface area is 157 Å². The zero-order valence-electron chi connectivity index (χ0n) is 15.0. The lowest BCUT2D eigenvalue weighted by Crippen LogP contribution is -2.46. The second kappa shape index (κ2) is 8.03. The molecule has 138 valence electrons. The molecule has 2 aromatic carbocycles. The quantitative estimate of drug-likeness (QED) is 0.697. The highest BCUT2D eigenvalue weighted by Gasteiger charge is 2.25. The maximum Gasteiger partial charge on any atom is 0.260 e. The molecular weight excluding hydrogens is 342 g/mol. The van der Waals surface area contributed by atoms with Gasteiger partial charge >= 0.3 is 0 Å². The molecule has 1 amide bonds. The van der Waals surface area contributed by atoms with E-state index in [9.17, 15) is 4.79 Å². The van der Waals surface area contributed by atoms with E-state index in [0.29, 0.717) is 18.2 Å². The van der Waals surface area contributed by atoms with Gasteiger partial charge in [-0.25, -0.2) is 0 Å². The van der Waals surface area contributed by atoms with Crippen molar-refractivity contribution in [2.75, 3.05) is 19.7 Å². The molecule has 1 atom stereocenters. The van der Waals surface area contributed by atoms with Crippen LogP contribution in [0.25, 0.3) is 10.8 Å². The summed E-state index contributed by atoms with van der Waals surface area (Å²) in [6.07, 6.45) is 3.33. The molecule has 1 saturated heterocycles. The molecule has 27 heavy (non-hydrogen) atoms. The number of carbonyl (C=O) groups is 1. The summed E-state index contributed by atoms with van der Waals surface area (Å²) in [7, 11) is 0. The van der Waals surface area contributed by atoms with E-state index in [-0.39, 0.29) is 18.6 Å². The van der Waals surface area contributed by atoms with E-state index >= 15 is 0 Å². The molecular formula is C21H21N3O3. The fraction of sp³-hybridized carbons (Fsp3) is 0.286. The number of rotatable bonds is 5. The van der Waals surface area contributed by atoms with Crippen LogP contribution in [0.2, 0.25) is 0 Å². The number of carbonyl (C=O) groups excluding carboxylic acids is 1. The zero-order chi connectivity index (χ0) is 18.5. The Morgan fingerprint density at radius 2 is 2.00 bits per heavy atom. The number of nitrogens with zero attached hydrogens (tertiary/aromatic N) is 3. The summed E-state index contributed by atoms with van der Waals surface area (Å²) in [6.45, 7) is 1.28. The molecule has 3 aromatic rings. The van der Waals surface area contributed by atoms with E-state index < -0.39 is 0 Å². The smallest absolute Gasteiger partial charge is 0.260 e. The minimum absolute atomic E-state index is 0.0240. The topological polar surface area (TPSA) is 64.5 Å². The van der Waals surface area contributed by atoms with Gasteiger partial charge in [-0.3, -0.25) is 4.79 Å². The minimum Gasteiger partial charge on any atom is -0.484 e. The van der Waals surface area contributed by atoms with Crippen molar-refractivity contribution >= 4 is 16.7 Å². The summed E-state index contributed by atoms with van der Waals surface area (Å²) in [5.41, 5.74) is 0. The van der Waals surface area contributed by atoms with Crippen molar-refractivity contribution in [3.05, 3.63) is 60.8 Å². The molecule has 4 rings (SSSR count). The molecule has 0 bridgehead atoms. The van der Waals surface area contributed by atoms with Crippen LogP contribution in [-0.2, 0) is 4.79 Å². The molecule has 1 aliphatic rings. The number of ether oxygens (including phenoxy) is 2. The van der Waals surface area contributed by atoms with Crippen molar-refractivity contribution in [3.63, 3.8) is 0 Å². The Morgan fingerprint density at radius 1 is 1.11 bits per heavy atom. The first-order chi connectivity index (χ1) is 13.3. The van der Waals surface area contributed by atoms with Gasteiger partial charge in [-0.1, -0.05) is 30.3 Å². The van der Waals surface area contributed by atoms with Crippen molar-refractivity contribution < 1.29 is 14.3 Å². The summed E-state index contributed by atoms with van der Waals surface area (Å²) in [5, 5.41) is 10.0. The van der Waals surface area contributed by atoms with Gasteiger partial charge in [0.1, 0.15) is 11.9 Å². The van der Waals surface area contributed by atoms with Crippen molar-refractivity contribution in [2.45, 2.75) is 18.9 Å². The average molecular weight is 363 g/mol. The Hall–Kier alpha value is -3.15. The number of amides is 1. The predicted octanol–water partition coefficient (Wildman–Crippen LogP) is 3.08. The lowest BCUT2D eigenvalue weighted by atomic mass is 10.1. The number of aromatic nitrogens is 2. The number of benzene rings is 2. The van der Waals surface area contributed by atoms with Gasteiger partial charge < -0.3 is 14.4 Å². The monoisotopic (exact) mass is 363 g/mol. The molecule has 1 fully saturated rings. The van der Waals surface area contributed by atoms with E-state index in [2.05, 4.69) is 16.3 Å². The Kier molecular flexibility index (Phi) is 5.14. The fourth-order valence-corrected chi connectivity index (χ4v) is 3.28. The largest absolute Gasteiger partial charge is 0.484 e. The highest BCUT2D eigenvalue weighted by atomic mass is 16.5. The van der Waals surface area contributed by atoms with Crippen molar-refractivity contribution in [1.82, 2.24) is 15.1 Å². The molecule has 0 saturated carbocycles.